The molecule has 1 atom stereocenters. The van der Waals surface area contributed by atoms with Crippen molar-refractivity contribution < 1.29 is 9.53 Å². The van der Waals surface area contributed by atoms with Crippen LogP contribution in [0.4, 0.5) is 0 Å². The summed E-state index contributed by atoms with van der Waals surface area (Å²) in [5, 5.41) is 0. The molecule has 2 aliphatic heterocycles. The minimum absolute atomic E-state index is 0.0746. The summed E-state index contributed by atoms with van der Waals surface area (Å²) in [6, 6.07) is 1.85. The van der Waals surface area contributed by atoms with Gasteiger partial charge in [-0.15, -0.1) is 0 Å². The molecule has 1 amide bonds. The Morgan fingerprint density at radius 3 is 3.19 bits per heavy atom. The molecule has 5 heteroatoms. The van der Waals surface area contributed by atoms with Gasteiger partial charge in [0.1, 0.15) is 0 Å². The minimum Gasteiger partial charge on any atom is -0.371 e. The Kier molecular flexibility index (Phi) is 2.44. The fraction of sp³-hybridized carbons (Fsp3) is 0.455. The first-order chi connectivity index (χ1) is 7.74. The van der Waals surface area contributed by atoms with Crippen molar-refractivity contribution >= 4 is 21.8 Å². The molecule has 0 N–H and O–H groups in total. The van der Waals surface area contributed by atoms with Crippen LogP contribution < -0.4 is 0 Å². The molecule has 0 aromatic carbocycles. The van der Waals surface area contributed by atoms with E-state index in [2.05, 4.69) is 20.9 Å². The van der Waals surface area contributed by atoms with Crippen LogP contribution in [0, 0.1) is 0 Å². The summed E-state index contributed by atoms with van der Waals surface area (Å²) in [6.07, 6.45) is 2.83. The summed E-state index contributed by atoms with van der Waals surface area (Å²) in [6.45, 7) is 2.25. The molecule has 1 unspecified atom stereocenters. The molecule has 1 aromatic rings. The molecule has 2 aliphatic rings. The van der Waals surface area contributed by atoms with Crippen molar-refractivity contribution in [3.8, 4) is 0 Å². The average molecular weight is 283 g/mol. The van der Waals surface area contributed by atoms with E-state index in [9.17, 15) is 4.79 Å². The number of nitrogens with zero attached hydrogens (tertiary/aromatic N) is 2. The molecular formula is C11H11BrN2O2. The maximum Gasteiger partial charge on any atom is 0.255 e. The predicted octanol–water partition coefficient (Wildman–Crippen LogP) is 1.24. The summed E-state index contributed by atoms with van der Waals surface area (Å²) < 4.78 is 6.00. The van der Waals surface area contributed by atoms with Gasteiger partial charge in [-0.1, -0.05) is 0 Å². The number of pyridine rings is 1. The van der Waals surface area contributed by atoms with E-state index < -0.39 is 0 Å². The van der Waals surface area contributed by atoms with Crippen molar-refractivity contribution in [3.05, 3.63) is 28.0 Å². The summed E-state index contributed by atoms with van der Waals surface area (Å²) in [5.74, 6) is 0.0746. The SMILES string of the molecule is O=C1c2cc(Br)cnc2CCN1CC1CO1. The minimum atomic E-state index is 0.0746. The molecule has 0 spiro atoms. The normalized spacial score (nSPS) is 23.2. The summed E-state index contributed by atoms with van der Waals surface area (Å²) in [7, 11) is 0. The second kappa shape index (κ2) is 3.82. The second-order valence-corrected chi connectivity index (χ2v) is 5.02. The lowest BCUT2D eigenvalue weighted by Gasteiger charge is -2.27. The van der Waals surface area contributed by atoms with Crippen molar-refractivity contribution in [1.29, 1.82) is 0 Å². The number of hydrogen-bond acceptors (Lipinski definition) is 3. The van der Waals surface area contributed by atoms with E-state index in [-0.39, 0.29) is 12.0 Å². The maximum absolute atomic E-state index is 12.1. The highest BCUT2D eigenvalue weighted by Gasteiger charge is 2.31. The molecule has 0 bridgehead atoms. The lowest BCUT2D eigenvalue weighted by atomic mass is 10.0. The first-order valence-corrected chi connectivity index (χ1v) is 6.08. The zero-order valence-electron chi connectivity index (χ0n) is 8.65. The third-order valence-electron chi connectivity index (χ3n) is 2.90. The lowest BCUT2D eigenvalue weighted by Crippen LogP contribution is -2.40. The molecule has 3 heterocycles. The molecule has 84 valence electrons. The molecule has 16 heavy (non-hydrogen) atoms. The second-order valence-electron chi connectivity index (χ2n) is 4.10. The molecular weight excluding hydrogens is 272 g/mol. The third-order valence-corrected chi connectivity index (χ3v) is 3.33. The first-order valence-electron chi connectivity index (χ1n) is 5.29. The van der Waals surface area contributed by atoms with Crippen molar-refractivity contribution in [2.45, 2.75) is 12.5 Å². The Bertz CT molecular complexity index is 446. The van der Waals surface area contributed by atoms with Crippen LogP contribution in [0.2, 0.25) is 0 Å². The van der Waals surface area contributed by atoms with Gasteiger partial charge < -0.3 is 9.64 Å². The largest absolute Gasteiger partial charge is 0.371 e. The quantitative estimate of drug-likeness (QED) is 0.767. The van der Waals surface area contributed by atoms with Gasteiger partial charge in [0.15, 0.2) is 0 Å². The Morgan fingerprint density at radius 2 is 2.44 bits per heavy atom. The fourth-order valence-electron chi connectivity index (χ4n) is 1.96. The highest BCUT2D eigenvalue weighted by molar-refractivity contribution is 9.10. The smallest absolute Gasteiger partial charge is 0.255 e. The van der Waals surface area contributed by atoms with Gasteiger partial charge in [-0.2, -0.15) is 0 Å². The highest BCUT2D eigenvalue weighted by atomic mass is 79.9. The van der Waals surface area contributed by atoms with Crippen LogP contribution in [0.3, 0.4) is 0 Å². The summed E-state index contributed by atoms with van der Waals surface area (Å²) >= 11 is 3.34. The van der Waals surface area contributed by atoms with Crippen LogP contribution in [-0.2, 0) is 11.2 Å². The number of carbonyl (C=O) groups excluding carboxylic acids is 1. The molecule has 0 radical (unpaired) electrons. The molecule has 0 saturated carbocycles. The van der Waals surface area contributed by atoms with Gasteiger partial charge >= 0.3 is 0 Å². The van der Waals surface area contributed by atoms with Crippen molar-refractivity contribution in [1.82, 2.24) is 9.88 Å². The predicted molar refractivity (Wildman–Crippen MR) is 61.3 cm³/mol. The van der Waals surface area contributed by atoms with Crippen LogP contribution in [-0.4, -0.2) is 41.6 Å². The van der Waals surface area contributed by atoms with Gasteiger partial charge in [0.2, 0.25) is 0 Å². The molecule has 1 fully saturated rings. The molecule has 1 aromatic heterocycles. The molecule has 3 rings (SSSR count). The number of aromatic nitrogens is 1. The van der Waals surface area contributed by atoms with E-state index in [0.717, 1.165) is 35.3 Å². The maximum atomic E-state index is 12.1. The van der Waals surface area contributed by atoms with Crippen molar-refractivity contribution in [3.63, 3.8) is 0 Å². The van der Waals surface area contributed by atoms with Gasteiger partial charge in [0.25, 0.3) is 5.91 Å². The molecule has 4 nitrogen and oxygen atoms in total. The lowest BCUT2D eigenvalue weighted by molar-refractivity contribution is 0.0724. The Labute approximate surface area is 102 Å². The van der Waals surface area contributed by atoms with Crippen LogP contribution >= 0.6 is 15.9 Å². The van der Waals surface area contributed by atoms with Crippen LogP contribution in [0.15, 0.2) is 16.7 Å². The van der Waals surface area contributed by atoms with E-state index in [4.69, 9.17) is 4.74 Å². The summed E-state index contributed by atoms with van der Waals surface area (Å²) in [4.78, 5) is 18.3. The van der Waals surface area contributed by atoms with Gasteiger partial charge in [-0.05, 0) is 22.0 Å². The first kappa shape index (κ1) is 10.2. The Morgan fingerprint density at radius 1 is 1.62 bits per heavy atom. The standard InChI is InChI=1S/C11H11BrN2O2/c12-7-3-9-10(13-4-7)1-2-14(11(9)15)5-8-6-16-8/h3-4,8H,1-2,5-6H2. The summed E-state index contributed by atoms with van der Waals surface area (Å²) in [5.41, 5.74) is 1.63. The molecule has 1 saturated heterocycles. The van der Waals surface area contributed by atoms with Gasteiger partial charge in [-0.3, -0.25) is 9.78 Å². The highest BCUT2D eigenvalue weighted by Crippen LogP contribution is 2.22. The van der Waals surface area contributed by atoms with E-state index in [1.165, 1.54) is 0 Å². The number of carbonyl (C=O) groups is 1. The van der Waals surface area contributed by atoms with Crippen LogP contribution in [0.5, 0.6) is 0 Å². The third kappa shape index (κ3) is 1.85. The Hall–Kier alpha value is -0.940. The zero-order chi connectivity index (χ0) is 11.1. The fourth-order valence-corrected chi connectivity index (χ4v) is 2.29. The van der Waals surface area contributed by atoms with Gasteiger partial charge in [-0.25, -0.2) is 0 Å². The van der Waals surface area contributed by atoms with E-state index >= 15 is 0 Å². The topological polar surface area (TPSA) is 45.7 Å². The number of halogens is 1. The Balaban J connectivity index is 1.87. The van der Waals surface area contributed by atoms with Crippen molar-refractivity contribution in [2.24, 2.45) is 0 Å². The molecule has 0 aliphatic carbocycles. The van der Waals surface area contributed by atoms with E-state index in [1.54, 1.807) is 6.20 Å². The number of amides is 1. The van der Waals surface area contributed by atoms with Crippen LogP contribution in [0.25, 0.3) is 0 Å². The van der Waals surface area contributed by atoms with E-state index in [0.29, 0.717) is 6.54 Å². The number of epoxide rings is 1. The van der Waals surface area contributed by atoms with Crippen molar-refractivity contribution in [2.75, 3.05) is 19.7 Å². The average Bonchev–Trinajstić information content (AvgIpc) is 3.07. The number of hydrogen-bond donors (Lipinski definition) is 0. The van der Waals surface area contributed by atoms with Crippen LogP contribution in [0.1, 0.15) is 16.1 Å². The number of rotatable bonds is 2. The number of fused-ring (bicyclic) bond motifs is 1. The van der Waals surface area contributed by atoms with Gasteiger partial charge in [0, 0.05) is 30.2 Å². The van der Waals surface area contributed by atoms with E-state index in [1.807, 2.05) is 11.0 Å². The zero-order valence-corrected chi connectivity index (χ0v) is 10.2. The monoisotopic (exact) mass is 282 g/mol. The number of ether oxygens (including phenoxy) is 1. The van der Waals surface area contributed by atoms with Gasteiger partial charge in [0.05, 0.1) is 24.0 Å².